The molecule has 3 unspecified atom stereocenters. The zero-order valence-corrected chi connectivity index (χ0v) is 16.2. The number of halogens is 1. The van der Waals surface area contributed by atoms with E-state index in [1.54, 1.807) is 0 Å². The first-order valence-corrected chi connectivity index (χ1v) is 9.50. The van der Waals surface area contributed by atoms with Gasteiger partial charge in [-0.05, 0) is 54.4 Å². The molecule has 2 aliphatic carbocycles. The highest BCUT2D eigenvalue weighted by molar-refractivity contribution is 5.85. The summed E-state index contributed by atoms with van der Waals surface area (Å²) in [7, 11) is 0. The molecule has 4 nitrogen and oxygen atoms in total. The highest BCUT2D eigenvalue weighted by Crippen LogP contribution is 2.47. The summed E-state index contributed by atoms with van der Waals surface area (Å²) >= 11 is 0. The maximum atomic E-state index is 12.3. The van der Waals surface area contributed by atoms with Crippen molar-refractivity contribution in [1.82, 2.24) is 5.32 Å². The van der Waals surface area contributed by atoms with E-state index in [0.717, 1.165) is 17.7 Å². The van der Waals surface area contributed by atoms with Crippen LogP contribution in [0.2, 0.25) is 0 Å². The summed E-state index contributed by atoms with van der Waals surface area (Å²) in [4.78, 5) is 12.3. The zero-order chi connectivity index (χ0) is 17.9. The van der Waals surface area contributed by atoms with Gasteiger partial charge in [-0.2, -0.15) is 0 Å². The molecule has 2 aromatic carbocycles. The topological polar surface area (TPSA) is 64.3 Å². The van der Waals surface area contributed by atoms with Gasteiger partial charge in [-0.15, -0.1) is 12.4 Å². The predicted octanol–water partition coefficient (Wildman–Crippen LogP) is 3.64. The van der Waals surface area contributed by atoms with E-state index >= 15 is 0 Å². The minimum Gasteiger partial charge on any atom is -0.489 e. The molecule has 0 aliphatic heterocycles. The second kappa shape index (κ2) is 8.77. The molecule has 2 saturated carbocycles. The quantitative estimate of drug-likeness (QED) is 0.727. The van der Waals surface area contributed by atoms with Crippen LogP contribution < -0.4 is 15.8 Å². The molecular weight excluding hydrogens is 360 g/mol. The molecule has 2 fully saturated rings. The Morgan fingerprint density at radius 3 is 2.48 bits per heavy atom. The molecule has 0 aromatic heterocycles. The van der Waals surface area contributed by atoms with E-state index in [2.05, 4.69) is 29.6 Å². The summed E-state index contributed by atoms with van der Waals surface area (Å²) in [6.45, 7) is 1.18. The minimum absolute atomic E-state index is 0. The van der Waals surface area contributed by atoms with Crippen molar-refractivity contribution in [2.45, 2.75) is 37.8 Å². The Morgan fingerprint density at radius 1 is 1.11 bits per heavy atom. The van der Waals surface area contributed by atoms with E-state index in [1.165, 1.54) is 18.4 Å². The van der Waals surface area contributed by atoms with E-state index in [0.29, 0.717) is 25.0 Å². The number of rotatable bonds is 8. The van der Waals surface area contributed by atoms with Gasteiger partial charge in [0.25, 0.3) is 0 Å². The number of carbonyl (C=O) groups excluding carboxylic acids is 1. The van der Waals surface area contributed by atoms with Crippen LogP contribution in [0.5, 0.6) is 5.75 Å². The first-order valence-electron chi connectivity index (χ1n) is 9.50. The maximum Gasteiger partial charge on any atom is 0.223 e. The Labute approximate surface area is 166 Å². The fourth-order valence-corrected chi connectivity index (χ4v) is 3.45. The molecule has 3 atom stereocenters. The summed E-state index contributed by atoms with van der Waals surface area (Å²) in [6.07, 6.45) is 3.35. The minimum atomic E-state index is 0. The number of nitrogens with two attached hydrogens (primary N) is 1. The lowest BCUT2D eigenvalue weighted by Crippen LogP contribution is -2.39. The van der Waals surface area contributed by atoms with Gasteiger partial charge in [0.05, 0.1) is 0 Å². The van der Waals surface area contributed by atoms with Crippen molar-refractivity contribution in [2.75, 3.05) is 6.54 Å². The van der Waals surface area contributed by atoms with Crippen molar-refractivity contribution in [3.05, 3.63) is 65.7 Å². The molecule has 1 amide bonds. The Balaban J connectivity index is 0.00000210. The normalized spacial score (nSPS) is 21.7. The smallest absolute Gasteiger partial charge is 0.223 e. The van der Waals surface area contributed by atoms with Gasteiger partial charge in [-0.25, -0.2) is 0 Å². The number of hydrogen-bond acceptors (Lipinski definition) is 3. The molecule has 0 bridgehead atoms. The van der Waals surface area contributed by atoms with Gasteiger partial charge in [0.15, 0.2) is 0 Å². The van der Waals surface area contributed by atoms with Crippen molar-refractivity contribution in [2.24, 2.45) is 17.6 Å². The van der Waals surface area contributed by atoms with Gasteiger partial charge in [-0.1, -0.05) is 42.5 Å². The predicted molar refractivity (Wildman–Crippen MR) is 109 cm³/mol. The van der Waals surface area contributed by atoms with Crippen LogP contribution in [0.3, 0.4) is 0 Å². The van der Waals surface area contributed by atoms with E-state index < -0.39 is 0 Å². The molecular formula is C22H27ClN2O2. The highest BCUT2D eigenvalue weighted by Gasteiger charge is 2.44. The molecule has 2 aromatic rings. The van der Waals surface area contributed by atoms with Gasteiger partial charge in [0.2, 0.25) is 5.91 Å². The third-order valence-corrected chi connectivity index (χ3v) is 5.42. The van der Waals surface area contributed by atoms with Crippen molar-refractivity contribution in [1.29, 1.82) is 0 Å². The second-order valence-corrected chi connectivity index (χ2v) is 7.54. The summed E-state index contributed by atoms with van der Waals surface area (Å²) in [5.41, 5.74) is 8.42. The van der Waals surface area contributed by atoms with Gasteiger partial charge in [0.1, 0.15) is 12.4 Å². The Kier molecular flexibility index (Phi) is 6.40. The van der Waals surface area contributed by atoms with E-state index in [4.69, 9.17) is 10.5 Å². The lowest BCUT2D eigenvalue weighted by molar-refractivity contribution is -0.122. The standard InChI is InChI=1S/C22H26N2O2.ClH/c23-21(17-6-7-17)13-24-22(25)20-12-19(20)16-8-10-18(11-9-16)26-14-15-4-2-1-3-5-15;/h1-5,8-11,17,19-21H,6-7,12-14,23H2,(H,24,25);1H. The van der Waals surface area contributed by atoms with Gasteiger partial charge < -0.3 is 15.8 Å². The van der Waals surface area contributed by atoms with Crippen LogP contribution in [0, 0.1) is 11.8 Å². The summed E-state index contributed by atoms with van der Waals surface area (Å²) in [5, 5.41) is 3.03. The SMILES string of the molecule is Cl.NC(CNC(=O)C1CC1c1ccc(OCc2ccccc2)cc1)C1CC1. The summed E-state index contributed by atoms with van der Waals surface area (Å²) in [5.74, 6) is 2.05. The van der Waals surface area contributed by atoms with E-state index in [1.807, 2.05) is 30.3 Å². The van der Waals surface area contributed by atoms with Crippen LogP contribution in [0.4, 0.5) is 0 Å². The number of hydrogen-bond donors (Lipinski definition) is 2. The third-order valence-electron chi connectivity index (χ3n) is 5.42. The second-order valence-electron chi connectivity index (χ2n) is 7.54. The van der Waals surface area contributed by atoms with E-state index in [-0.39, 0.29) is 30.3 Å². The average Bonchev–Trinajstić information content (AvgIpc) is 3.58. The van der Waals surface area contributed by atoms with Gasteiger partial charge in [-0.3, -0.25) is 4.79 Å². The first kappa shape index (κ1) is 19.7. The number of amides is 1. The van der Waals surface area contributed by atoms with Crippen molar-refractivity contribution >= 4 is 18.3 Å². The van der Waals surface area contributed by atoms with Crippen molar-refractivity contribution < 1.29 is 9.53 Å². The number of benzene rings is 2. The molecule has 0 radical (unpaired) electrons. The molecule has 0 saturated heterocycles. The fourth-order valence-electron chi connectivity index (χ4n) is 3.45. The largest absolute Gasteiger partial charge is 0.489 e. The Bertz CT molecular complexity index is 747. The highest BCUT2D eigenvalue weighted by atomic mass is 35.5. The van der Waals surface area contributed by atoms with E-state index in [9.17, 15) is 4.79 Å². The average molecular weight is 387 g/mol. The molecule has 144 valence electrons. The number of nitrogens with one attached hydrogen (secondary N) is 1. The monoisotopic (exact) mass is 386 g/mol. The molecule has 0 spiro atoms. The molecule has 4 rings (SSSR count). The van der Waals surface area contributed by atoms with Crippen LogP contribution >= 0.6 is 12.4 Å². The Morgan fingerprint density at radius 2 is 1.81 bits per heavy atom. The summed E-state index contributed by atoms with van der Waals surface area (Å²) in [6, 6.07) is 18.4. The Hall–Kier alpha value is -2.04. The lowest BCUT2D eigenvalue weighted by atomic mass is 10.1. The van der Waals surface area contributed by atoms with Gasteiger partial charge >= 0.3 is 0 Å². The molecule has 5 heteroatoms. The maximum absolute atomic E-state index is 12.3. The van der Waals surface area contributed by atoms with Crippen LogP contribution in [-0.2, 0) is 11.4 Å². The van der Waals surface area contributed by atoms with Crippen molar-refractivity contribution in [3.63, 3.8) is 0 Å². The van der Waals surface area contributed by atoms with Crippen LogP contribution in [0.15, 0.2) is 54.6 Å². The van der Waals surface area contributed by atoms with Crippen LogP contribution in [0.1, 0.15) is 36.3 Å². The molecule has 0 heterocycles. The summed E-state index contributed by atoms with van der Waals surface area (Å²) < 4.78 is 5.82. The van der Waals surface area contributed by atoms with Gasteiger partial charge in [0, 0.05) is 18.5 Å². The number of carbonyl (C=O) groups is 1. The number of ether oxygens (including phenoxy) is 1. The lowest BCUT2D eigenvalue weighted by Gasteiger charge is -2.11. The van der Waals surface area contributed by atoms with Crippen molar-refractivity contribution in [3.8, 4) is 5.75 Å². The molecule has 2 aliphatic rings. The van der Waals surface area contributed by atoms with Crippen LogP contribution in [-0.4, -0.2) is 18.5 Å². The first-order chi connectivity index (χ1) is 12.7. The zero-order valence-electron chi connectivity index (χ0n) is 15.3. The molecule has 3 N–H and O–H groups in total. The molecule has 27 heavy (non-hydrogen) atoms. The third kappa shape index (κ3) is 5.24. The van der Waals surface area contributed by atoms with Crippen LogP contribution in [0.25, 0.3) is 0 Å². The fraction of sp³-hybridized carbons (Fsp3) is 0.409.